The lowest BCUT2D eigenvalue weighted by Gasteiger charge is -2.24. The molecule has 4 rings (SSSR count). The number of nitrogens with zero attached hydrogens (tertiary/aromatic N) is 3. The predicted molar refractivity (Wildman–Crippen MR) is 107 cm³/mol. The Morgan fingerprint density at radius 1 is 1.21 bits per heavy atom. The van der Waals surface area contributed by atoms with E-state index in [1.807, 2.05) is 25.4 Å². The van der Waals surface area contributed by atoms with Crippen molar-refractivity contribution >= 4 is 5.91 Å². The zero-order chi connectivity index (χ0) is 20.4. The van der Waals surface area contributed by atoms with Crippen molar-refractivity contribution in [3.63, 3.8) is 0 Å². The summed E-state index contributed by atoms with van der Waals surface area (Å²) in [5.41, 5.74) is 1.75. The van der Waals surface area contributed by atoms with Crippen LogP contribution < -0.4 is 5.32 Å². The number of hydrogen-bond donors (Lipinski definition) is 1. The molecule has 0 radical (unpaired) electrons. The van der Waals surface area contributed by atoms with E-state index >= 15 is 0 Å². The molecule has 7 heteroatoms. The Kier molecular flexibility index (Phi) is 5.49. The molecule has 1 aliphatic heterocycles. The Bertz CT molecular complexity index is 979. The van der Waals surface area contributed by atoms with Crippen LogP contribution in [0.25, 0.3) is 5.69 Å². The van der Waals surface area contributed by atoms with E-state index in [-0.39, 0.29) is 23.7 Å². The molecule has 152 valence electrons. The first-order chi connectivity index (χ1) is 14.0. The van der Waals surface area contributed by atoms with Gasteiger partial charge in [-0.05, 0) is 36.4 Å². The highest BCUT2D eigenvalue weighted by molar-refractivity contribution is 5.79. The second kappa shape index (κ2) is 8.21. The summed E-state index contributed by atoms with van der Waals surface area (Å²) in [4.78, 5) is 14.2. The standard InChI is InChI=1S/C22H25FN4O2/c1-3-19-8-9-20(29-19)13-24-11-15-10-21(28)26(2)22(15)16-12-25-27(14-16)18-6-4-17(23)5-7-18/h4-9,12,14-15,22,24H,3,10-11,13H2,1-2H3/t15-,22+/m0/s1. The summed E-state index contributed by atoms with van der Waals surface area (Å²) in [5, 5.41) is 7.84. The highest BCUT2D eigenvalue weighted by Crippen LogP contribution is 2.36. The summed E-state index contributed by atoms with van der Waals surface area (Å²) in [6, 6.07) is 10.1. The van der Waals surface area contributed by atoms with Crippen molar-refractivity contribution in [3.05, 3.63) is 71.7 Å². The number of halogens is 1. The van der Waals surface area contributed by atoms with Gasteiger partial charge in [0.05, 0.1) is 24.5 Å². The second-order valence-electron chi connectivity index (χ2n) is 7.46. The van der Waals surface area contributed by atoms with Crippen LogP contribution in [0.4, 0.5) is 4.39 Å². The van der Waals surface area contributed by atoms with Crippen molar-refractivity contribution in [2.45, 2.75) is 32.4 Å². The first-order valence-electron chi connectivity index (χ1n) is 9.89. The van der Waals surface area contributed by atoms with E-state index in [9.17, 15) is 9.18 Å². The van der Waals surface area contributed by atoms with Crippen molar-refractivity contribution in [1.29, 1.82) is 0 Å². The third kappa shape index (κ3) is 4.10. The molecule has 0 saturated carbocycles. The Balaban J connectivity index is 1.45. The van der Waals surface area contributed by atoms with Gasteiger partial charge >= 0.3 is 0 Å². The minimum absolute atomic E-state index is 0.0491. The summed E-state index contributed by atoms with van der Waals surface area (Å²) in [7, 11) is 1.84. The number of rotatable bonds is 7. The normalized spacial score (nSPS) is 19.3. The van der Waals surface area contributed by atoms with E-state index in [0.717, 1.165) is 29.2 Å². The molecular weight excluding hydrogens is 371 g/mol. The van der Waals surface area contributed by atoms with Crippen molar-refractivity contribution < 1.29 is 13.6 Å². The fraction of sp³-hybridized carbons (Fsp3) is 0.364. The lowest BCUT2D eigenvalue weighted by atomic mass is 9.95. The lowest BCUT2D eigenvalue weighted by molar-refractivity contribution is -0.127. The third-order valence-corrected chi connectivity index (χ3v) is 5.50. The van der Waals surface area contributed by atoms with Crippen LogP contribution in [0.3, 0.4) is 0 Å². The molecule has 0 unspecified atom stereocenters. The zero-order valence-electron chi connectivity index (χ0n) is 16.6. The maximum absolute atomic E-state index is 13.2. The third-order valence-electron chi connectivity index (χ3n) is 5.50. The molecule has 1 aromatic carbocycles. The summed E-state index contributed by atoms with van der Waals surface area (Å²) < 4.78 is 20.6. The molecule has 29 heavy (non-hydrogen) atoms. The molecule has 0 bridgehead atoms. The molecule has 6 nitrogen and oxygen atoms in total. The molecule has 3 heterocycles. The monoisotopic (exact) mass is 396 g/mol. The fourth-order valence-electron chi connectivity index (χ4n) is 3.94. The van der Waals surface area contributed by atoms with Gasteiger partial charge in [0.25, 0.3) is 0 Å². The highest BCUT2D eigenvalue weighted by Gasteiger charge is 2.38. The second-order valence-corrected chi connectivity index (χ2v) is 7.46. The van der Waals surface area contributed by atoms with Gasteiger partial charge < -0.3 is 14.6 Å². The topological polar surface area (TPSA) is 63.3 Å². The van der Waals surface area contributed by atoms with Crippen LogP contribution in [0.15, 0.2) is 53.2 Å². The van der Waals surface area contributed by atoms with Gasteiger partial charge in [-0.3, -0.25) is 4.79 Å². The molecule has 0 spiro atoms. The first-order valence-corrected chi connectivity index (χ1v) is 9.89. The molecule has 1 amide bonds. The molecule has 1 aliphatic rings. The minimum atomic E-state index is -0.281. The quantitative estimate of drug-likeness (QED) is 0.664. The van der Waals surface area contributed by atoms with Crippen LogP contribution >= 0.6 is 0 Å². The van der Waals surface area contributed by atoms with Crippen LogP contribution in [0, 0.1) is 11.7 Å². The molecule has 1 N–H and O–H groups in total. The molecule has 2 atom stereocenters. The smallest absolute Gasteiger partial charge is 0.223 e. The number of hydrogen-bond acceptors (Lipinski definition) is 4. The van der Waals surface area contributed by atoms with E-state index in [0.29, 0.717) is 19.5 Å². The van der Waals surface area contributed by atoms with Gasteiger partial charge in [0.15, 0.2) is 0 Å². The molecular formula is C22H25FN4O2. The van der Waals surface area contributed by atoms with Gasteiger partial charge in [-0.15, -0.1) is 0 Å². The number of benzene rings is 1. The zero-order valence-corrected chi connectivity index (χ0v) is 16.6. The number of amides is 1. The molecule has 3 aromatic rings. The van der Waals surface area contributed by atoms with Gasteiger partial charge in [0, 0.05) is 44.1 Å². The number of aromatic nitrogens is 2. The largest absolute Gasteiger partial charge is 0.465 e. The van der Waals surface area contributed by atoms with Crippen molar-refractivity contribution in [2.75, 3.05) is 13.6 Å². The summed E-state index contributed by atoms with van der Waals surface area (Å²) in [6.07, 6.45) is 5.08. The highest BCUT2D eigenvalue weighted by atomic mass is 19.1. The SMILES string of the molecule is CCc1ccc(CNC[C@@H]2CC(=O)N(C)[C@H]2c2cnn(-c3ccc(F)cc3)c2)o1. The maximum Gasteiger partial charge on any atom is 0.223 e. The van der Waals surface area contributed by atoms with E-state index in [1.54, 1.807) is 27.9 Å². The minimum Gasteiger partial charge on any atom is -0.465 e. The Labute approximate surface area is 169 Å². The van der Waals surface area contributed by atoms with Crippen LogP contribution in [0.2, 0.25) is 0 Å². The van der Waals surface area contributed by atoms with Crippen molar-refractivity contribution in [2.24, 2.45) is 5.92 Å². The number of carbonyl (C=O) groups excluding carboxylic acids is 1. The summed E-state index contributed by atoms with van der Waals surface area (Å²) >= 11 is 0. The van der Waals surface area contributed by atoms with Gasteiger partial charge in [-0.1, -0.05) is 6.92 Å². The van der Waals surface area contributed by atoms with Crippen molar-refractivity contribution in [3.8, 4) is 5.69 Å². The van der Waals surface area contributed by atoms with Gasteiger partial charge in [0.1, 0.15) is 17.3 Å². The number of carbonyl (C=O) groups is 1. The number of likely N-dealkylation sites (tertiary alicyclic amines) is 1. The van der Waals surface area contributed by atoms with Crippen LogP contribution in [0.1, 0.15) is 36.5 Å². The average Bonchev–Trinajstić information content (AvgIpc) is 3.43. The van der Waals surface area contributed by atoms with Crippen LogP contribution in [-0.4, -0.2) is 34.2 Å². The Morgan fingerprint density at radius 2 is 1.97 bits per heavy atom. The molecule has 2 aromatic heterocycles. The first kappa shape index (κ1) is 19.4. The maximum atomic E-state index is 13.2. The fourth-order valence-corrected chi connectivity index (χ4v) is 3.94. The molecule has 1 fully saturated rings. The molecule has 0 aliphatic carbocycles. The van der Waals surface area contributed by atoms with Gasteiger partial charge in [-0.25, -0.2) is 9.07 Å². The Morgan fingerprint density at radius 3 is 2.69 bits per heavy atom. The van der Waals surface area contributed by atoms with Crippen LogP contribution in [-0.2, 0) is 17.8 Å². The van der Waals surface area contributed by atoms with E-state index in [2.05, 4.69) is 17.3 Å². The van der Waals surface area contributed by atoms with Gasteiger partial charge in [-0.2, -0.15) is 5.10 Å². The lowest BCUT2D eigenvalue weighted by Crippen LogP contribution is -2.28. The van der Waals surface area contributed by atoms with E-state index < -0.39 is 0 Å². The van der Waals surface area contributed by atoms with E-state index in [4.69, 9.17) is 4.42 Å². The molecule has 1 saturated heterocycles. The van der Waals surface area contributed by atoms with E-state index in [1.165, 1.54) is 12.1 Å². The number of aryl methyl sites for hydroxylation is 1. The summed E-state index contributed by atoms with van der Waals surface area (Å²) in [6.45, 7) is 3.40. The predicted octanol–water partition coefficient (Wildman–Crippen LogP) is 3.48. The summed E-state index contributed by atoms with van der Waals surface area (Å²) in [5.74, 6) is 1.86. The van der Waals surface area contributed by atoms with Crippen LogP contribution in [0.5, 0.6) is 0 Å². The Hall–Kier alpha value is -2.93. The van der Waals surface area contributed by atoms with Gasteiger partial charge in [0.2, 0.25) is 5.91 Å². The average molecular weight is 396 g/mol. The number of furan rings is 1. The van der Waals surface area contributed by atoms with Crippen molar-refractivity contribution in [1.82, 2.24) is 20.0 Å². The number of nitrogens with one attached hydrogen (secondary N) is 1.